The molecule has 10 nitrogen and oxygen atoms in total. The number of rotatable bonds is 11. The van der Waals surface area contributed by atoms with Gasteiger partial charge in [-0.15, -0.1) is 10.2 Å². The summed E-state index contributed by atoms with van der Waals surface area (Å²) in [4.78, 5) is 23.1. The molecular weight excluding hydrogens is 480 g/mol. The molecule has 4 aromatic rings. The Morgan fingerprint density at radius 2 is 1.69 bits per heavy atom. The molecule has 0 bridgehead atoms. The maximum Gasteiger partial charge on any atom is 0.292 e. The van der Waals surface area contributed by atoms with E-state index in [-0.39, 0.29) is 23.7 Å². The fourth-order valence-electron chi connectivity index (χ4n) is 3.50. The van der Waals surface area contributed by atoms with Gasteiger partial charge in [0, 0.05) is 23.9 Å². The van der Waals surface area contributed by atoms with Crippen LogP contribution in [0.25, 0.3) is 5.69 Å². The zero-order valence-electron chi connectivity index (χ0n) is 19.5. The molecule has 184 valence electrons. The van der Waals surface area contributed by atoms with E-state index in [1.54, 1.807) is 19.2 Å². The van der Waals surface area contributed by atoms with Crippen molar-refractivity contribution in [2.45, 2.75) is 18.1 Å². The van der Waals surface area contributed by atoms with E-state index in [1.165, 1.54) is 23.9 Å². The molecule has 2 N–H and O–H groups in total. The summed E-state index contributed by atoms with van der Waals surface area (Å²) < 4.78 is 7.35. The van der Waals surface area contributed by atoms with Crippen LogP contribution in [-0.2, 0) is 11.3 Å². The Balaban J connectivity index is 1.45. The lowest BCUT2D eigenvalue weighted by atomic mass is 10.2. The van der Waals surface area contributed by atoms with E-state index < -0.39 is 4.92 Å². The molecule has 1 aromatic heterocycles. The maximum absolute atomic E-state index is 12.4. The summed E-state index contributed by atoms with van der Waals surface area (Å²) in [5.41, 5.74) is 1.76. The first-order valence-corrected chi connectivity index (χ1v) is 12.1. The van der Waals surface area contributed by atoms with Crippen molar-refractivity contribution in [1.29, 1.82) is 0 Å². The number of aromatic nitrogens is 3. The fourth-order valence-corrected chi connectivity index (χ4v) is 4.40. The molecule has 1 amide bonds. The number of amides is 1. The zero-order chi connectivity index (χ0) is 25.3. The maximum atomic E-state index is 12.4. The van der Waals surface area contributed by atoms with Crippen molar-refractivity contribution in [2.75, 3.05) is 23.5 Å². The summed E-state index contributed by atoms with van der Waals surface area (Å²) in [6.45, 7) is 0.404. The number of ether oxygens (including phenoxy) is 1. The number of hydrogen-bond acceptors (Lipinski definition) is 8. The monoisotopic (exact) mass is 504 g/mol. The van der Waals surface area contributed by atoms with Gasteiger partial charge in [-0.25, -0.2) is 0 Å². The van der Waals surface area contributed by atoms with E-state index in [2.05, 4.69) is 20.8 Å². The normalized spacial score (nSPS) is 10.6. The SMILES string of the molecule is COc1ccccc1NCc1nnc(SCCC(=O)Nc2ccccc2[N+](=O)[O-])n1-c1ccccc1. The predicted molar refractivity (Wildman–Crippen MR) is 139 cm³/mol. The van der Waals surface area contributed by atoms with Gasteiger partial charge >= 0.3 is 0 Å². The Morgan fingerprint density at radius 1 is 1.00 bits per heavy atom. The molecule has 36 heavy (non-hydrogen) atoms. The highest BCUT2D eigenvalue weighted by Gasteiger charge is 2.17. The number of nitrogens with one attached hydrogen (secondary N) is 2. The molecular formula is C25H24N6O4S. The molecule has 0 aliphatic rings. The summed E-state index contributed by atoms with van der Waals surface area (Å²) in [5.74, 6) is 1.51. The number of thioether (sulfide) groups is 1. The van der Waals surface area contributed by atoms with Crippen molar-refractivity contribution in [3.05, 3.63) is 94.8 Å². The second kappa shape index (κ2) is 11.8. The van der Waals surface area contributed by atoms with Crippen LogP contribution < -0.4 is 15.4 Å². The van der Waals surface area contributed by atoms with Gasteiger partial charge in [0.05, 0.1) is 24.3 Å². The van der Waals surface area contributed by atoms with Gasteiger partial charge in [0.1, 0.15) is 11.4 Å². The van der Waals surface area contributed by atoms with E-state index >= 15 is 0 Å². The van der Waals surface area contributed by atoms with Crippen LogP contribution in [-0.4, -0.2) is 38.5 Å². The number of carbonyl (C=O) groups is 1. The van der Waals surface area contributed by atoms with Gasteiger partial charge in [0.15, 0.2) is 11.0 Å². The third-order valence-electron chi connectivity index (χ3n) is 5.19. The number of hydrogen-bond donors (Lipinski definition) is 2. The van der Waals surface area contributed by atoms with Crippen molar-refractivity contribution in [3.8, 4) is 11.4 Å². The smallest absolute Gasteiger partial charge is 0.292 e. The van der Waals surface area contributed by atoms with E-state index in [4.69, 9.17) is 4.74 Å². The van der Waals surface area contributed by atoms with Crippen LogP contribution in [0.15, 0.2) is 84.0 Å². The number of nitro benzene ring substituents is 1. The zero-order valence-corrected chi connectivity index (χ0v) is 20.3. The Kier molecular flexibility index (Phi) is 8.14. The molecule has 0 saturated carbocycles. The second-order valence-corrected chi connectivity index (χ2v) is 8.61. The molecule has 0 radical (unpaired) electrons. The summed E-state index contributed by atoms with van der Waals surface area (Å²) in [6, 6.07) is 23.4. The van der Waals surface area contributed by atoms with Crippen LogP contribution in [0.1, 0.15) is 12.2 Å². The van der Waals surface area contributed by atoms with Gasteiger partial charge in [-0.3, -0.25) is 19.5 Å². The molecule has 4 rings (SSSR count). The van der Waals surface area contributed by atoms with Gasteiger partial charge in [0.25, 0.3) is 5.69 Å². The number of benzene rings is 3. The Hall–Kier alpha value is -4.38. The standard InChI is InChI=1S/C25H24N6O4S/c1-35-22-14-8-6-12-20(22)26-17-23-28-29-25(30(23)18-9-3-2-4-10-18)36-16-15-24(32)27-19-11-5-7-13-21(19)31(33)34/h2-14,26H,15-17H2,1H3,(H,27,32). The van der Waals surface area contributed by atoms with Crippen LogP contribution in [0.4, 0.5) is 17.1 Å². The van der Waals surface area contributed by atoms with Crippen molar-refractivity contribution >= 4 is 34.7 Å². The topological polar surface area (TPSA) is 124 Å². The van der Waals surface area contributed by atoms with Crippen molar-refractivity contribution in [3.63, 3.8) is 0 Å². The van der Waals surface area contributed by atoms with Crippen LogP contribution in [0.5, 0.6) is 5.75 Å². The lowest BCUT2D eigenvalue weighted by Gasteiger charge is -2.13. The molecule has 11 heteroatoms. The molecule has 0 spiro atoms. The first-order valence-electron chi connectivity index (χ1n) is 11.1. The molecule has 0 aliphatic heterocycles. The van der Waals surface area contributed by atoms with Crippen molar-refractivity contribution in [1.82, 2.24) is 14.8 Å². The minimum atomic E-state index is -0.521. The number of nitrogens with zero attached hydrogens (tertiary/aromatic N) is 4. The lowest BCUT2D eigenvalue weighted by Crippen LogP contribution is -2.13. The van der Waals surface area contributed by atoms with Crippen LogP contribution in [0, 0.1) is 10.1 Å². The van der Waals surface area contributed by atoms with Gasteiger partial charge in [-0.2, -0.15) is 0 Å². The van der Waals surface area contributed by atoms with Gasteiger partial charge in [-0.05, 0) is 30.3 Å². The van der Waals surface area contributed by atoms with Crippen LogP contribution in [0.3, 0.4) is 0 Å². The quantitative estimate of drug-likeness (QED) is 0.168. The Morgan fingerprint density at radius 3 is 2.44 bits per heavy atom. The first-order chi connectivity index (χ1) is 17.6. The van der Waals surface area contributed by atoms with Gasteiger partial charge < -0.3 is 15.4 Å². The minimum Gasteiger partial charge on any atom is -0.495 e. The van der Waals surface area contributed by atoms with E-state index in [0.717, 1.165) is 17.1 Å². The molecule has 0 aliphatic carbocycles. The second-order valence-electron chi connectivity index (χ2n) is 7.54. The Labute approximate surface area is 211 Å². The summed E-state index contributed by atoms with van der Waals surface area (Å²) in [7, 11) is 1.62. The fraction of sp³-hybridized carbons (Fsp3) is 0.160. The first kappa shape index (κ1) is 24.7. The summed E-state index contributed by atoms with van der Waals surface area (Å²) >= 11 is 1.38. The lowest BCUT2D eigenvalue weighted by molar-refractivity contribution is -0.383. The van der Waals surface area contributed by atoms with Crippen LogP contribution in [0.2, 0.25) is 0 Å². The third kappa shape index (κ3) is 5.99. The Bertz CT molecular complexity index is 1350. The van der Waals surface area contributed by atoms with E-state index in [1.807, 2.05) is 59.2 Å². The van der Waals surface area contributed by atoms with E-state index in [0.29, 0.717) is 23.3 Å². The molecule has 3 aromatic carbocycles. The number of methoxy groups -OCH3 is 1. The highest BCUT2D eigenvalue weighted by molar-refractivity contribution is 7.99. The molecule has 1 heterocycles. The summed E-state index contributed by atoms with van der Waals surface area (Å²) in [5, 5.41) is 26.5. The average molecular weight is 505 g/mol. The largest absolute Gasteiger partial charge is 0.495 e. The molecule has 0 fully saturated rings. The summed E-state index contributed by atoms with van der Waals surface area (Å²) in [6.07, 6.45) is 0.146. The van der Waals surface area contributed by atoms with Gasteiger partial charge in [0.2, 0.25) is 5.91 Å². The van der Waals surface area contributed by atoms with Gasteiger partial charge in [-0.1, -0.05) is 54.2 Å². The van der Waals surface area contributed by atoms with E-state index in [9.17, 15) is 14.9 Å². The van der Waals surface area contributed by atoms with Crippen molar-refractivity contribution in [2.24, 2.45) is 0 Å². The number of anilines is 2. The minimum absolute atomic E-state index is 0.144. The number of para-hydroxylation sites is 5. The number of carbonyl (C=O) groups excluding carboxylic acids is 1. The molecule has 0 atom stereocenters. The third-order valence-corrected chi connectivity index (χ3v) is 6.12. The highest BCUT2D eigenvalue weighted by atomic mass is 32.2. The highest BCUT2D eigenvalue weighted by Crippen LogP contribution is 2.27. The molecule has 0 saturated heterocycles. The van der Waals surface area contributed by atoms with Crippen LogP contribution >= 0.6 is 11.8 Å². The predicted octanol–water partition coefficient (Wildman–Crippen LogP) is 4.92. The average Bonchev–Trinajstić information content (AvgIpc) is 3.31. The number of nitro groups is 1. The van der Waals surface area contributed by atoms with Crippen molar-refractivity contribution < 1.29 is 14.5 Å². The molecule has 0 unspecified atom stereocenters.